The Balaban J connectivity index is 1.76. The standard InChI is InChI=1S/C17H19N5O3/c1-12-13(5-4-6-15(12)22(24)25)9-16(23)20-14-10-18-11-19-17(14)21-7-2-3-8-21/h4-6,10-11H,2-3,7-9H2,1H3,(H,20,23). The first-order valence-corrected chi connectivity index (χ1v) is 8.14. The molecule has 1 aliphatic heterocycles. The molecule has 130 valence electrons. The van der Waals surface area contributed by atoms with Crippen molar-refractivity contribution in [1.82, 2.24) is 9.97 Å². The monoisotopic (exact) mass is 341 g/mol. The van der Waals surface area contributed by atoms with Gasteiger partial charge in [-0.25, -0.2) is 9.97 Å². The summed E-state index contributed by atoms with van der Waals surface area (Å²) in [6, 6.07) is 4.76. The lowest BCUT2D eigenvalue weighted by Gasteiger charge is -2.19. The third-order valence-corrected chi connectivity index (χ3v) is 4.34. The van der Waals surface area contributed by atoms with Crippen LogP contribution in [0.1, 0.15) is 24.0 Å². The van der Waals surface area contributed by atoms with Crippen molar-refractivity contribution in [3.8, 4) is 0 Å². The second kappa shape index (κ2) is 7.25. The Bertz CT molecular complexity index is 803. The molecule has 0 radical (unpaired) electrons. The van der Waals surface area contributed by atoms with Gasteiger partial charge in [0.2, 0.25) is 5.91 Å². The lowest BCUT2D eigenvalue weighted by molar-refractivity contribution is -0.385. The summed E-state index contributed by atoms with van der Waals surface area (Å²) in [5.41, 5.74) is 1.72. The van der Waals surface area contributed by atoms with Crippen LogP contribution in [0, 0.1) is 17.0 Å². The van der Waals surface area contributed by atoms with E-state index in [2.05, 4.69) is 20.2 Å². The van der Waals surface area contributed by atoms with Crippen LogP contribution in [0.2, 0.25) is 0 Å². The second-order valence-electron chi connectivity index (χ2n) is 6.00. The van der Waals surface area contributed by atoms with Crippen LogP contribution < -0.4 is 10.2 Å². The number of carbonyl (C=O) groups excluding carboxylic acids is 1. The first-order valence-electron chi connectivity index (χ1n) is 8.14. The number of aromatic nitrogens is 2. The van der Waals surface area contributed by atoms with Crippen LogP contribution in [0.15, 0.2) is 30.7 Å². The Labute approximate surface area is 145 Å². The molecular weight excluding hydrogens is 322 g/mol. The van der Waals surface area contributed by atoms with Crippen LogP contribution in [0.5, 0.6) is 0 Å². The summed E-state index contributed by atoms with van der Waals surface area (Å²) in [5.74, 6) is 0.468. The molecule has 2 heterocycles. The number of carbonyl (C=O) groups is 1. The van der Waals surface area contributed by atoms with Gasteiger partial charge in [0.15, 0.2) is 5.82 Å². The molecule has 8 heteroatoms. The Hall–Kier alpha value is -3.03. The van der Waals surface area contributed by atoms with E-state index >= 15 is 0 Å². The molecule has 1 saturated heterocycles. The minimum atomic E-state index is -0.437. The van der Waals surface area contributed by atoms with Gasteiger partial charge < -0.3 is 10.2 Å². The average molecular weight is 341 g/mol. The fourth-order valence-electron chi connectivity index (χ4n) is 3.02. The predicted molar refractivity (Wildman–Crippen MR) is 93.6 cm³/mol. The molecule has 25 heavy (non-hydrogen) atoms. The van der Waals surface area contributed by atoms with Crippen molar-refractivity contribution in [2.24, 2.45) is 0 Å². The lowest BCUT2D eigenvalue weighted by atomic mass is 10.0. The van der Waals surface area contributed by atoms with E-state index in [1.165, 1.54) is 12.4 Å². The molecule has 1 amide bonds. The van der Waals surface area contributed by atoms with Gasteiger partial charge >= 0.3 is 0 Å². The van der Waals surface area contributed by atoms with Crippen molar-refractivity contribution < 1.29 is 9.72 Å². The molecule has 1 aromatic carbocycles. The Morgan fingerprint density at radius 3 is 2.84 bits per heavy atom. The molecule has 1 N–H and O–H groups in total. The largest absolute Gasteiger partial charge is 0.355 e. The highest BCUT2D eigenvalue weighted by molar-refractivity contribution is 5.95. The van der Waals surface area contributed by atoms with E-state index in [9.17, 15) is 14.9 Å². The van der Waals surface area contributed by atoms with E-state index in [4.69, 9.17) is 0 Å². The van der Waals surface area contributed by atoms with E-state index < -0.39 is 4.92 Å². The van der Waals surface area contributed by atoms with Crippen LogP contribution in [0.3, 0.4) is 0 Å². The summed E-state index contributed by atoms with van der Waals surface area (Å²) in [7, 11) is 0. The number of amides is 1. The molecule has 0 aliphatic carbocycles. The van der Waals surface area contributed by atoms with Gasteiger partial charge in [-0.15, -0.1) is 0 Å². The molecule has 0 bridgehead atoms. The molecule has 3 rings (SSSR count). The van der Waals surface area contributed by atoms with Gasteiger partial charge in [0.1, 0.15) is 12.0 Å². The van der Waals surface area contributed by atoms with Crippen molar-refractivity contribution in [2.45, 2.75) is 26.2 Å². The third kappa shape index (κ3) is 3.73. The molecule has 0 unspecified atom stereocenters. The summed E-state index contributed by atoms with van der Waals surface area (Å²) in [6.45, 7) is 3.47. The van der Waals surface area contributed by atoms with E-state index in [0.717, 1.165) is 31.7 Å². The normalized spacial score (nSPS) is 13.7. The zero-order valence-electron chi connectivity index (χ0n) is 13.9. The van der Waals surface area contributed by atoms with Crippen LogP contribution in [0.25, 0.3) is 0 Å². The number of hydrogen-bond donors (Lipinski definition) is 1. The van der Waals surface area contributed by atoms with Crippen molar-refractivity contribution in [3.05, 3.63) is 52.0 Å². The van der Waals surface area contributed by atoms with Crippen molar-refractivity contribution >= 4 is 23.1 Å². The summed E-state index contributed by atoms with van der Waals surface area (Å²) in [4.78, 5) is 33.4. The minimum Gasteiger partial charge on any atom is -0.355 e. The Morgan fingerprint density at radius 2 is 2.12 bits per heavy atom. The number of benzene rings is 1. The number of nitrogens with one attached hydrogen (secondary N) is 1. The Morgan fingerprint density at radius 1 is 1.36 bits per heavy atom. The molecule has 0 saturated carbocycles. The highest BCUT2D eigenvalue weighted by atomic mass is 16.6. The van der Waals surface area contributed by atoms with Crippen molar-refractivity contribution in [2.75, 3.05) is 23.3 Å². The van der Waals surface area contributed by atoms with Crippen molar-refractivity contribution in [1.29, 1.82) is 0 Å². The third-order valence-electron chi connectivity index (χ3n) is 4.34. The van der Waals surface area contributed by atoms with Gasteiger partial charge in [0, 0.05) is 24.7 Å². The van der Waals surface area contributed by atoms with Gasteiger partial charge in [-0.2, -0.15) is 0 Å². The number of rotatable bonds is 5. The van der Waals surface area contributed by atoms with E-state index in [1.54, 1.807) is 25.3 Å². The smallest absolute Gasteiger partial charge is 0.272 e. The van der Waals surface area contributed by atoms with Gasteiger partial charge in [-0.1, -0.05) is 12.1 Å². The van der Waals surface area contributed by atoms with Gasteiger partial charge in [-0.05, 0) is 25.3 Å². The first kappa shape index (κ1) is 16.8. The zero-order valence-corrected chi connectivity index (χ0v) is 13.9. The van der Waals surface area contributed by atoms with E-state index in [0.29, 0.717) is 16.8 Å². The minimum absolute atomic E-state index is 0.0195. The van der Waals surface area contributed by atoms with Gasteiger partial charge in [-0.3, -0.25) is 14.9 Å². The van der Waals surface area contributed by atoms with Crippen molar-refractivity contribution in [3.63, 3.8) is 0 Å². The highest BCUT2D eigenvalue weighted by Gasteiger charge is 2.19. The van der Waals surface area contributed by atoms with E-state index in [1.807, 2.05) is 0 Å². The van der Waals surface area contributed by atoms with Gasteiger partial charge in [0.25, 0.3) is 5.69 Å². The van der Waals surface area contributed by atoms with Crippen LogP contribution >= 0.6 is 0 Å². The average Bonchev–Trinajstić information content (AvgIpc) is 3.11. The summed E-state index contributed by atoms with van der Waals surface area (Å²) < 4.78 is 0. The number of anilines is 2. The Kier molecular flexibility index (Phi) is 4.87. The number of nitrogens with zero attached hydrogens (tertiary/aromatic N) is 4. The molecule has 1 aromatic heterocycles. The summed E-state index contributed by atoms with van der Waals surface area (Å²) in [5, 5.41) is 13.9. The second-order valence-corrected chi connectivity index (χ2v) is 6.00. The fraction of sp³-hybridized carbons (Fsp3) is 0.353. The molecule has 0 spiro atoms. The van der Waals surface area contributed by atoms with Crippen LogP contribution in [-0.2, 0) is 11.2 Å². The van der Waals surface area contributed by atoms with Crippen LogP contribution in [-0.4, -0.2) is 33.9 Å². The molecule has 1 aliphatic rings. The quantitative estimate of drug-likeness (QED) is 0.662. The number of hydrogen-bond acceptors (Lipinski definition) is 6. The maximum absolute atomic E-state index is 12.4. The molecule has 2 aromatic rings. The maximum atomic E-state index is 12.4. The highest BCUT2D eigenvalue weighted by Crippen LogP contribution is 2.26. The van der Waals surface area contributed by atoms with Crippen LogP contribution in [0.4, 0.5) is 17.2 Å². The number of nitro groups is 1. The molecule has 1 fully saturated rings. The SMILES string of the molecule is Cc1c(CC(=O)Nc2cncnc2N2CCCC2)cccc1[N+](=O)[O-]. The first-order chi connectivity index (χ1) is 12.1. The summed E-state index contributed by atoms with van der Waals surface area (Å²) in [6.07, 6.45) is 5.31. The maximum Gasteiger partial charge on any atom is 0.272 e. The zero-order chi connectivity index (χ0) is 17.8. The lowest BCUT2D eigenvalue weighted by Crippen LogP contribution is -2.23. The molecule has 8 nitrogen and oxygen atoms in total. The van der Waals surface area contributed by atoms with E-state index in [-0.39, 0.29) is 18.0 Å². The fourth-order valence-corrected chi connectivity index (χ4v) is 3.02. The van der Waals surface area contributed by atoms with Gasteiger partial charge in [0.05, 0.1) is 17.5 Å². The molecule has 0 atom stereocenters. The summed E-state index contributed by atoms with van der Waals surface area (Å²) >= 11 is 0. The number of nitro benzene ring substituents is 1. The topological polar surface area (TPSA) is 101 Å². The molecular formula is C17H19N5O3. The predicted octanol–water partition coefficient (Wildman–Crippen LogP) is 2.47.